The summed E-state index contributed by atoms with van der Waals surface area (Å²) in [6.45, 7) is 4.23. The summed E-state index contributed by atoms with van der Waals surface area (Å²) in [7, 11) is 0. The van der Waals surface area contributed by atoms with Gasteiger partial charge in [0.1, 0.15) is 0 Å². The van der Waals surface area contributed by atoms with Crippen LogP contribution in [0, 0.1) is 5.92 Å². The van der Waals surface area contributed by atoms with Crippen molar-refractivity contribution < 1.29 is 28.6 Å². The zero-order chi connectivity index (χ0) is 17.9. The predicted molar refractivity (Wildman–Crippen MR) is 88.5 cm³/mol. The molecule has 2 heterocycles. The van der Waals surface area contributed by atoms with E-state index in [1.54, 1.807) is 13.8 Å². The van der Waals surface area contributed by atoms with E-state index in [4.69, 9.17) is 19.0 Å². The summed E-state index contributed by atoms with van der Waals surface area (Å²) < 4.78 is 16.1. The Hall–Kier alpha value is -2.12. The first-order valence-electron chi connectivity index (χ1n) is 8.62. The highest BCUT2D eigenvalue weighted by atomic mass is 16.8. The number of fused-ring (bicyclic) bond motifs is 1. The molecule has 3 rings (SSSR count). The third-order valence-electron chi connectivity index (χ3n) is 4.44. The number of nitrogens with zero attached hydrogens (tertiary/aromatic N) is 1. The van der Waals surface area contributed by atoms with Crippen molar-refractivity contribution in [3.63, 3.8) is 0 Å². The largest absolute Gasteiger partial charge is 0.463 e. The van der Waals surface area contributed by atoms with E-state index in [1.807, 2.05) is 30.3 Å². The summed E-state index contributed by atoms with van der Waals surface area (Å²) in [4.78, 5) is 31.3. The van der Waals surface area contributed by atoms with E-state index < -0.39 is 17.5 Å². The highest BCUT2D eigenvalue weighted by Crippen LogP contribution is 2.42. The van der Waals surface area contributed by atoms with Crippen molar-refractivity contribution in [3.05, 3.63) is 30.3 Å². The normalized spacial score (nSPS) is 24.5. The molecule has 25 heavy (non-hydrogen) atoms. The van der Waals surface area contributed by atoms with Crippen LogP contribution in [0.2, 0.25) is 0 Å². The molecule has 7 nitrogen and oxygen atoms in total. The van der Waals surface area contributed by atoms with Gasteiger partial charge in [-0.2, -0.15) is 0 Å². The Morgan fingerprint density at radius 2 is 1.80 bits per heavy atom. The quantitative estimate of drug-likeness (QED) is 0.595. The van der Waals surface area contributed by atoms with Crippen molar-refractivity contribution in [2.45, 2.75) is 38.5 Å². The van der Waals surface area contributed by atoms with Gasteiger partial charge in [-0.05, 0) is 32.4 Å². The molecule has 0 saturated carbocycles. The van der Waals surface area contributed by atoms with Gasteiger partial charge < -0.3 is 14.2 Å². The molecule has 1 aromatic rings. The Morgan fingerprint density at radius 3 is 2.40 bits per heavy atom. The maximum atomic E-state index is 12.7. The number of hydrogen-bond donors (Lipinski definition) is 0. The highest BCUT2D eigenvalue weighted by molar-refractivity contribution is 6.04. The summed E-state index contributed by atoms with van der Waals surface area (Å²) in [5.74, 6) is -1.48. The lowest BCUT2D eigenvalue weighted by Gasteiger charge is -2.44. The van der Waals surface area contributed by atoms with Crippen molar-refractivity contribution >= 4 is 17.6 Å². The molecule has 0 N–H and O–H groups in total. The fourth-order valence-electron chi connectivity index (χ4n) is 3.30. The van der Waals surface area contributed by atoms with Crippen LogP contribution in [0.4, 0.5) is 5.69 Å². The minimum absolute atomic E-state index is 0.0391. The number of para-hydroxylation sites is 1. The Morgan fingerprint density at radius 1 is 1.16 bits per heavy atom. The fourth-order valence-corrected chi connectivity index (χ4v) is 3.30. The van der Waals surface area contributed by atoms with Crippen molar-refractivity contribution in [1.29, 1.82) is 0 Å². The van der Waals surface area contributed by atoms with Gasteiger partial charge in [-0.1, -0.05) is 18.2 Å². The molecule has 2 atom stereocenters. The van der Waals surface area contributed by atoms with Crippen LogP contribution < -0.4 is 5.06 Å². The number of anilines is 1. The fraction of sp³-hybridized carbons (Fsp3) is 0.556. The van der Waals surface area contributed by atoms with E-state index in [0.29, 0.717) is 12.3 Å². The summed E-state index contributed by atoms with van der Waals surface area (Å²) in [6, 6.07) is 9.27. The maximum Gasteiger partial charge on any atom is 0.353 e. The Balaban J connectivity index is 2.00. The van der Waals surface area contributed by atoms with Crippen molar-refractivity contribution in [2.75, 3.05) is 24.9 Å². The van der Waals surface area contributed by atoms with Crippen LogP contribution in [-0.4, -0.2) is 43.6 Å². The van der Waals surface area contributed by atoms with Crippen LogP contribution in [0.1, 0.15) is 26.7 Å². The van der Waals surface area contributed by atoms with Crippen molar-refractivity contribution in [1.82, 2.24) is 0 Å². The Bertz CT molecular complexity index is 601. The molecule has 2 saturated heterocycles. The molecule has 1 aromatic carbocycles. The van der Waals surface area contributed by atoms with Crippen LogP contribution in [-0.2, 0) is 28.6 Å². The molecule has 7 heteroatoms. The molecule has 0 amide bonds. The zero-order valence-corrected chi connectivity index (χ0v) is 14.5. The van der Waals surface area contributed by atoms with Crippen LogP contribution in [0.5, 0.6) is 0 Å². The molecule has 0 radical (unpaired) electrons. The molecule has 2 aliphatic rings. The second-order valence-corrected chi connectivity index (χ2v) is 6.03. The Labute approximate surface area is 146 Å². The maximum absolute atomic E-state index is 12.7. The zero-order valence-electron chi connectivity index (χ0n) is 14.5. The first-order chi connectivity index (χ1) is 12.1. The van der Waals surface area contributed by atoms with Crippen molar-refractivity contribution in [2.24, 2.45) is 5.92 Å². The topological polar surface area (TPSA) is 74.3 Å². The lowest BCUT2D eigenvalue weighted by Crippen LogP contribution is -2.62. The smallest absolute Gasteiger partial charge is 0.353 e. The van der Waals surface area contributed by atoms with Crippen LogP contribution in [0.25, 0.3) is 0 Å². The molecule has 2 unspecified atom stereocenters. The molecule has 2 aliphatic heterocycles. The molecule has 2 fully saturated rings. The standard InChI is InChI=1S/C18H23NO6/c1-3-22-16(20)18(17(21)23-4-2)12-13-10-11-24-15(13)19(25-18)14-8-6-5-7-9-14/h5-9,13,15H,3-4,10-12H2,1-2H3. The molecule has 136 valence electrons. The van der Waals surface area contributed by atoms with Gasteiger partial charge in [0.25, 0.3) is 5.60 Å². The molecular formula is C18H23NO6. The van der Waals surface area contributed by atoms with Crippen LogP contribution in [0.3, 0.4) is 0 Å². The number of ether oxygens (including phenoxy) is 3. The molecule has 0 aromatic heterocycles. The number of rotatable bonds is 5. The van der Waals surface area contributed by atoms with Crippen LogP contribution >= 0.6 is 0 Å². The SMILES string of the molecule is CCOC(=O)C1(C(=O)OCC)CC2CCOC2N(c2ccccc2)O1. The lowest BCUT2D eigenvalue weighted by atomic mass is 9.86. The molecule has 0 bridgehead atoms. The third-order valence-corrected chi connectivity index (χ3v) is 4.44. The second kappa shape index (κ2) is 7.41. The van der Waals surface area contributed by atoms with Gasteiger partial charge in [0.15, 0.2) is 6.23 Å². The average molecular weight is 349 g/mol. The lowest BCUT2D eigenvalue weighted by molar-refractivity contribution is -0.212. The number of carbonyl (C=O) groups is 2. The minimum Gasteiger partial charge on any atom is -0.463 e. The van der Waals surface area contributed by atoms with E-state index in [9.17, 15) is 9.59 Å². The van der Waals surface area contributed by atoms with E-state index in [-0.39, 0.29) is 31.8 Å². The first kappa shape index (κ1) is 17.7. The molecule has 0 spiro atoms. The summed E-state index contributed by atoms with van der Waals surface area (Å²) in [5, 5.41) is 1.51. The van der Waals surface area contributed by atoms with E-state index in [0.717, 1.165) is 6.42 Å². The number of hydroxylamine groups is 1. The molecule has 0 aliphatic carbocycles. The van der Waals surface area contributed by atoms with Crippen LogP contribution in [0.15, 0.2) is 30.3 Å². The summed E-state index contributed by atoms with van der Waals surface area (Å²) >= 11 is 0. The van der Waals surface area contributed by atoms with Gasteiger partial charge in [0.05, 0.1) is 18.9 Å². The minimum atomic E-state index is -1.81. The number of benzene rings is 1. The van der Waals surface area contributed by atoms with Gasteiger partial charge in [-0.3, -0.25) is 0 Å². The van der Waals surface area contributed by atoms with E-state index in [2.05, 4.69) is 0 Å². The Kier molecular flexibility index (Phi) is 5.24. The van der Waals surface area contributed by atoms with Gasteiger partial charge >= 0.3 is 11.9 Å². The van der Waals surface area contributed by atoms with Gasteiger partial charge in [-0.25, -0.2) is 19.5 Å². The average Bonchev–Trinajstić information content (AvgIpc) is 3.10. The highest BCUT2D eigenvalue weighted by Gasteiger charge is 2.60. The van der Waals surface area contributed by atoms with E-state index >= 15 is 0 Å². The van der Waals surface area contributed by atoms with E-state index in [1.165, 1.54) is 5.06 Å². The molecular weight excluding hydrogens is 326 g/mol. The monoisotopic (exact) mass is 349 g/mol. The van der Waals surface area contributed by atoms with Gasteiger partial charge in [-0.15, -0.1) is 0 Å². The van der Waals surface area contributed by atoms with Crippen molar-refractivity contribution in [3.8, 4) is 0 Å². The van der Waals surface area contributed by atoms with Gasteiger partial charge in [0, 0.05) is 18.9 Å². The summed E-state index contributed by atoms with van der Waals surface area (Å²) in [5.41, 5.74) is -1.10. The predicted octanol–water partition coefficient (Wildman–Crippen LogP) is 2.06. The second-order valence-electron chi connectivity index (χ2n) is 6.03. The third kappa shape index (κ3) is 3.21. The number of carbonyl (C=O) groups excluding carboxylic acids is 2. The number of hydrogen-bond acceptors (Lipinski definition) is 7. The summed E-state index contributed by atoms with van der Waals surface area (Å²) in [6.07, 6.45) is 0.565. The van der Waals surface area contributed by atoms with Gasteiger partial charge in [0.2, 0.25) is 0 Å². The number of esters is 2. The first-order valence-corrected chi connectivity index (χ1v) is 8.62.